The van der Waals surface area contributed by atoms with Gasteiger partial charge in [0.15, 0.2) is 23.3 Å². The van der Waals surface area contributed by atoms with Crippen molar-refractivity contribution in [2.75, 3.05) is 0 Å². The smallest absolute Gasteiger partial charge is 0.200 e. The minimum atomic E-state index is -2.18. The van der Waals surface area contributed by atoms with Crippen LogP contribution in [0.3, 0.4) is 0 Å². The van der Waals surface area contributed by atoms with E-state index in [-0.39, 0.29) is 5.56 Å². The van der Waals surface area contributed by atoms with Gasteiger partial charge in [0, 0.05) is 5.56 Å². The number of nitrogens with zero attached hydrogens (tertiary/aromatic N) is 2. The third-order valence-corrected chi connectivity index (χ3v) is 8.61. The summed E-state index contributed by atoms with van der Waals surface area (Å²) in [6.45, 7) is 0. The summed E-state index contributed by atoms with van der Waals surface area (Å²) in [5.41, 5.74) is 5.01. The van der Waals surface area contributed by atoms with Crippen LogP contribution in [0.4, 0.5) is 22.0 Å². The summed E-state index contributed by atoms with van der Waals surface area (Å²) in [7, 11) is 0. The zero-order chi connectivity index (χ0) is 30.5. The van der Waals surface area contributed by atoms with Crippen molar-refractivity contribution in [1.82, 2.24) is 4.98 Å². The van der Waals surface area contributed by atoms with E-state index >= 15 is 0 Å². The lowest BCUT2D eigenvalue weighted by atomic mass is 9.96. The van der Waals surface area contributed by atoms with Crippen LogP contribution in [-0.4, -0.2) is 4.98 Å². The summed E-state index contributed by atoms with van der Waals surface area (Å²) >= 11 is 1.55. The number of halogens is 5. The Hall–Kier alpha value is -5.39. The first-order valence-corrected chi connectivity index (χ1v) is 14.2. The van der Waals surface area contributed by atoms with Crippen molar-refractivity contribution >= 4 is 32.3 Å². The molecule has 6 aromatic carbocycles. The SMILES string of the molecule is N#Cc1ccc2nc(-c3ccc(-c4ccc5cc(-c6ccc(-c7c(F)c(F)c(F)c(F)c7F)cc6)ccc5c4)cc3)sc2c1. The summed E-state index contributed by atoms with van der Waals surface area (Å²) in [4.78, 5) is 4.70. The van der Waals surface area contributed by atoms with Crippen LogP contribution in [0.2, 0.25) is 0 Å². The zero-order valence-electron chi connectivity index (χ0n) is 22.5. The van der Waals surface area contributed by atoms with Crippen molar-refractivity contribution in [3.8, 4) is 50.0 Å². The van der Waals surface area contributed by atoms with Crippen LogP contribution in [0, 0.1) is 40.4 Å². The Morgan fingerprint density at radius 3 is 1.52 bits per heavy atom. The van der Waals surface area contributed by atoms with Crippen molar-refractivity contribution in [2.45, 2.75) is 0 Å². The number of fused-ring (bicyclic) bond motifs is 2. The highest BCUT2D eigenvalue weighted by atomic mass is 32.1. The van der Waals surface area contributed by atoms with E-state index in [0.717, 1.165) is 53.8 Å². The first-order valence-electron chi connectivity index (χ1n) is 13.4. The van der Waals surface area contributed by atoms with Crippen LogP contribution >= 0.6 is 11.3 Å². The summed E-state index contributed by atoms with van der Waals surface area (Å²) in [5.74, 6) is -9.86. The molecule has 0 unspecified atom stereocenters. The van der Waals surface area contributed by atoms with Crippen LogP contribution in [0.15, 0.2) is 103 Å². The molecule has 0 aliphatic heterocycles. The highest BCUT2D eigenvalue weighted by Gasteiger charge is 2.26. The molecule has 0 amide bonds. The molecule has 212 valence electrons. The van der Waals surface area contributed by atoms with E-state index in [9.17, 15) is 22.0 Å². The van der Waals surface area contributed by atoms with Crippen LogP contribution in [0.25, 0.3) is 64.9 Å². The van der Waals surface area contributed by atoms with Crippen LogP contribution < -0.4 is 0 Å². The van der Waals surface area contributed by atoms with Crippen LogP contribution in [-0.2, 0) is 0 Å². The number of thiazole rings is 1. The van der Waals surface area contributed by atoms with Gasteiger partial charge in [-0.15, -0.1) is 11.3 Å². The van der Waals surface area contributed by atoms with Gasteiger partial charge < -0.3 is 0 Å². The molecule has 0 saturated heterocycles. The van der Waals surface area contributed by atoms with E-state index in [1.54, 1.807) is 29.5 Å². The second-order valence-electron chi connectivity index (χ2n) is 10.2. The monoisotopic (exact) mass is 604 g/mol. The van der Waals surface area contributed by atoms with E-state index in [0.29, 0.717) is 5.56 Å². The van der Waals surface area contributed by atoms with Gasteiger partial charge in [-0.25, -0.2) is 26.9 Å². The molecule has 0 atom stereocenters. The molecule has 7 aromatic rings. The maximum atomic E-state index is 14.3. The number of nitriles is 1. The Labute approximate surface area is 251 Å². The third kappa shape index (κ3) is 4.68. The Morgan fingerprint density at radius 2 is 0.977 bits per heavy atom. The molecular weight excluding hydrogens is 587 g/mol. The molecule has 1 heterocycles. The van der Waals surface area contributed by atoms with E-state index in [2.05, 4.69) is 12.1 Å². The molecule has 44 heavy (non-hydrogen) atoms. The fraction of sp³-hybridized carbons (Fsp3) is 0. The molecule has 0 spiro atoms. The highest BCUT2D eigenvalue weighted by Crippen LogP contribution is 2.35. The fourth-order valence-electron chi connectivity index (χ4n) is 5.22. The summed E-state index contributed by atoms with van der Waals surface area (Å²) in [5, 5.41) is 12.0. The summed E-state index contributed by atoms with van der Waals surface area (Å²) in [6, 6.07) is 33.6. The number of benzene rings is 6. The Morgan fingerprint density at radius 1 is 0.500 bits per heavy atom. The lowest BCUT2D eigenvalue weighted by Crippen LogP contribution is -2.03. The number of rotatable bonds is 4. The fourth-order valence-corrected chi connectivity index (χ4v) is 6.23. The van der Waals surface area contributed by atoms with Gasteiger partial charge in [-0.3, -0.25) is 0 Å². The minimum absolute atomic E-state index is 0.116. The summed E-state index contributed by atoms with van der Waals surface area (Å²) in [6.07, 6.45) is 0. The van der Waals surface area contributed by atoms with Crippen molar-refractivity contribution in [3.05, 3.63) is 138 Å². The molecule has 0 bridgehead atoms. The Balaban J connectivity index is 1.14. The average Bonchev–Trinajstić information content (AvgIpc) is 3.50. The quantitative estimate of drug-likeness (QED) is 0.114. The maximum Gasteiger partial charge on any atom is 0.200 e. The first-order chi connectivity index (χ1) is 21.3. The van der Waals surface area contributed by atoms with Crippen molar-refractivity contribution < 1.29 is 22.0 Å². The largest absolute Gasteiger partial charge is 0.236 e. The van der Waals surface area contributed by atoms with E-state index in [4.69, 9.17) is 10.2 Å². The molecule has 0 radical (unpaired) electrons. The molecule has 2 nitrogen and oxygen atoms in total. The molecule has 0 aliphatic carbocycles. The third-order valence-electron chi connectivity index (χ3n) is 7.54. The zero-order valence-corrected chi connectivity index (χ0v) is 23.3. The molecule has 1 aromatic heterocycles. The second-order valence-corrected chi connectivity index (χ2v) is 11.2. The lowest BCUT2D eigenvalue weighted by molar-refractivity contribution is 0.381. The number of aromatic nitrogens is 1. The van der Waals surface area contributed by atoms with Gasteiger partial charge in [0.1, 0.15) is 5.01 Å². The molecule has 0 N–H and O–H groups in total. The van der Waals surface area contributed by atoms with Crippen molar-refractivity contribution in [2.24, 2.45) is 0 Å². The van der Waals surface area contributed by atoms with Gasteiger partial charge in [0.25, 0.3) is 0 Å². The average molecular weight is 605 g/mol. The Kier molecular flexibility index (Phi) is 6.68. The summed E-state index contributed by atoms with van der Waals surface area (Å²) < 4.78 is 70.3. The second kappa shape index (κ2) is 10.7. The molecule has 0 aliphatic rings. The predicted octanol–water partition coefficient (Wildman–Crippen LogP) is 10.7. The number of hydrogen-bond acceptors (Lipinski definition) is 3. The lowest BCUT2D eigenvalue weighted by Gasteiger charge is -2.10. The molecule has 7 rings (SSSR count). The predicted molar refractivity (Wildman–Crippen MR) is 163 cm³/mol. The topological polar surface area (TPSA) is 36.7 Å². The highest BCUT2D eigenvalue weighted by molar-refractivity contribution is 7.21. The standard InChI is InChI=1S/C36H17F5N2S/c37-31-30(32(38)34(40)35(41)33(31)39)22-6-2-20(3-7-22)24-10-12-27-17-25(11-13-26(27)16-24)21-4-8-23(9-5-21)36-43-28-14-1-19(18-42)15-29(28)44-36/h1-17H. The maximum absolute atomic E-state index is 14.3. The van der Waals surface area contributed by atoms with E-state index in [1.807, 2.05) is 66.7 Å². The van der Waals surface area contributed by atoms with Crippen molar-refractivity contribution in [3.63, 3.8) is 0 Å². The van der Waals surface area contributed by atoms with Crippen molar-refractivity contribution in [1.29, 1.82) is 5.26 Å². The minimum Gasteiger partial charge on any atom is -0.236 e. The van der Waals surface area contributed by atoms with E-state index < -0.39 is 34.6 Å². The van der Waals surface area contributed by atoms with Gasteiger partial charge in [-0.1, -0.05) is 72.8 Å². The van der Waals surface area contributed by atoms with Gasteiger partial charge in [0.2, 0.25) is 5.82 Å². The van der Waals surface area contributed by atoms with Gasteiger partial charge in [0.05, 0.1) is 27.4 Å². The van der Waals surface area contributed by atoms with Crippen LogP contribution in [0.5, 0.6) is 0 Å². The number of hydrogen-bond donors (Lipinski definition) is 0. The normalized spacial score (nSPS) is 11.3. The molecule has 8 heteroatoms. The van der Waals surface area contributed by atoms with Gasteiger partial charge >= 0.3 is 0 Å². The first kappa shape index (κ1) is 27.4. The van der Waals surface area contributed by atoms with Gasteiger partial charge in [-0.05, 0) is 68.9 Å². The molecule has 0 saturated carbocycles. The van der Waals surface area contributed by atoms with E-state index in [1.165, 1.54) is 12.1 Å². The molecular formula is C36H17F5N2S. The van der Waals surface area contributed by atoms with Crippen LogP contribution in [0.1, 0.15) is 5.56 Å². The van der Waals surface area contributed by atoms with Gasteiger partial charge in [-0.2, -0.15) is 5.26 Å². The molecule has 0 fully saturated rings. The Bertz CT molecular complexity index is 2260.